The Morgan fingerprint density at radius 2 is 1.32 bits per heavy atom. The van der Waals surface area contributed by atoms with Gasteiger partial charge in [0.25, 0.3) is 11.8 Å². The first-order valence-corrected chi connectivity index (χ1v) is 13.8. The summed E-state index contributed by atoms with van der Waals surface area (Å²) in [4.78, 5) is 25.7. The van der Waals surface area contributed by atoms with E-state index in [4.69, 9.17) is 0 Å². The molecule has 0 aromatic heterocycles. The Hall–Kier alpha value is -3.49. The maximum Gasteiger partial charge on any atom is 0.255 e. The van der Waals surface area contributed by atoms with Crippen LogP contribution in [0, 0.1) is 18.8 Å². The van der Waals surface area contributed by atoms with Crippen LogP contribution in [0.4, 0.5) is 11.4 Å². The third kappa shape index (κ3) is 7.50. The number of nitrogens with one attached hydrogen (secondary N) is 2. The molecule has 0 unspecified atom stereocenters. The predicted octanol–water partition coefficient (Wildman–Crippen LogP) is 5.80. The fourth-order valence-electron chi connectivity index (χ4n) is 3.83. The first-order chi connectivity index (χ1) is 17.5. The minimum Gasteiger partial charge on any atom is -0.322 e. The Morgan fingerprint density at radius 1 is 0.757 bits per heavy atom. The van der Waals surface area contributed by atoms with Crippen LogP contribution in [0.3, 0.4) is 0 Å². The van der Waals surface area contributed by atoms with Crippen molar-refractivity contribution in [2.45, 2.75) is 39.5 Å². The van der Waals surface area contributed by atoms with Crippen molar-refractivity contribution in [2.24, 2.45) is 11.8 Å². The number of rotatable bonds is 10. The standard InChI is InChI=1S/C29H35N3O4S/c1-20(2)18-32(19-21(3)4)37(35,36)26-15-13-25(14-16-26)30-29(34)24-12-11-22(5)27(17-24)31-28(33)23-9-7-6-8-10-23/h6-17,20-21H,18-19H2,1-5H3,(H,30,34)(H,31,33). The highest BCUT2D eigenvalue weighted by atomic mass is 32.2. The fourth-order valence-corrected chi connectivity index (χ4v) is 5.60. The number of hydrogen-bond donors (Lipinski definition) is 2. The van der Waals surface area contributed by atoms with Gasteiger partial charge in [-0.1, -0.05) is 52.0 Å². The number of sulfonamides is 1. The van der Waals surface area contributed by atoms with Crippen LogP contribution < -0.4 is 10.6 Å². The lowest BCUT2D eigenvalue weighted by atomic mass is 10.1. The molecule has 0 aliphatic heterocycles. The summed E-state index contributed by atoms with van der Waals surface area (Å²) < 4.78 is 28.0. The third-order valence-electron chi connectivity index (χ3n) is 5.67. The highest BCUT2D eigenvalue weighted by molar-refractivity contribution is 7.89. The van der Waals surface area contributed by atoms with E-state index in [1.165, 1.54) is 16.4 Å². The maximum atomic E-state index is 13.2. The molecule has 2 N–H and O–H groups in total. The van der Waals surface area contributed by atoms with Gasteiger partial charge < -0.3 is 10.6 Å². The minimum absolute atomic E-state index is 0.188. The summed E-state index contributed by atoms with van der Waals surface area (Å²) in [5.41, 5.74) is 2.72. The van der Waals surface area contributed by atoms with E-state index in [9.17, 15) is 18.0 Å². The smallest absolute Gasteiger partial charge is 0.255 e. The third-order valence-corrected chi connectivity index (χ3v) is 7.52. The second-order valence-electron chi connectivity index (χ2n) is 9.94. The molecule has 3 aromatic rings. The maximum absolute atomic E-state index is 13.2. The van der Waals surface area contributed by atoms with Gasteiger partial charge in [-0.25, -0.2) is 8.42 Å². The van der Waals surface area contributed by atoms with Crippen molar-refractivity contribution >= 4 is 33.2 Å². The van der Waals surface area contributed by atoms with Gasteiger partial charge in [0.2, 0.25) is 10.0 Å². The lowest BCUT2D eigenvalue weighted by Gasteiger charge is -2.25. The van der Waals surface area contributed by atoms with Crippen molar-refractivity contribution < 1.29 is 18.0 Å². The highest BCUT2D eigenvalue weighted by Crippen LogP contribution is 2.22. The molecule has 196 valence electrons. The van der Waals surface area contributed by atoms with Crippen LogP contribution in [0.2, 0.25) is 0 Å². The number of carbonyl (C=O) groups is 2. The van der Waals surface area contributed by atoms with Crippen LogP contribution in [-0.4, -0.2) is 37.6 Å². The molecule has 0 spiro atoms. The fraction of sp³-hybridized carbons (Fsp3) is 0.310. The van der Waals surface area contributed by atoms with Crippen LogP contribution in [0.25, 0.3) is 0 Å². The van der Waals surface area contributed by atoms with E-state index in [0.29, 0.717) is 35.6 Å². The van der Waals surface area contributed by atoms with Crippen LogP contribution in [0.5, 0.6) is 0 Å². The molecule has 0 aliphatic carbocycles. The molecular weight excluding hydrogens is 486 g/mol. The summed E-state index contributed by atoms with van der Waals surface area (Å²) in [6, 6.07) is 20.1. The molecule has 0 saturated carbocycles. The Bertz CT molecular complexity index is 1330. The van der Waals surface area contributed by atoms with Crippen LogP contribution in [0.1, 0.15) is 54.0 Å². The summed E-state index contributed by atoms with van der Waals surface area (Å²) >= 11 is 0. The van der Waals surface area contributed by atoms with E-state index in [2.05, 4.69) is 10.6 Å². The van der Waals surface area contributed by atoms with Crippen molar-refractivity contribution in [3.8, 4) is 0 Å². The molecule has 3 rings (SSSR count). The molecule has 0 fully saturated rings. The van der Waals surface area contributed by atoms with Gasteiger partial charge in [-0.3, -0.25) is 9.59 Å². The molecular formula is C29H35N3O4S. The summed E-state index contributed by atoms with van der Waals surface area (Å²) in [6.45, 7) is 10.7. The summed E-state index contributed by atoms with van der Waals surface area (Å²) in [7, 11) is -3.65. The highest BCUT2D eigenvalue weighted by Gasteiger charge is 2.26. The first kappa shape index (κ1) is 28.1. The zero-order valence-electron chi connectivity index (χ0n) is 22.0. The zero-order valence-corrected chi connectivity index (χ0v) is 22.8. The molecule has 7 nitrogen and oxygen atoms in total. The molecule has 0 aliphatic rings. The van der Waals surface area contributed by atoms with Crippen molar-refractivity contribution in [1.29, 1.82) is 0 Å². The molecule has 0 radical (unpaired) electrons. The van der Waals surface area contributed by atoms with E-state index in [1.807, 2.05) is 40.7 Å². The Morgan fingerprint density at radius 3 is 1.89 bits per heavy atom. The van der Waals surface area contributed by atoms with E-state index < -0.39 is 10.0 Å². The van der Waals surface area contributed by atoms with Gasteiger partial charge in [-0.15, -0.1) is 0 Å². The quantitative estimate of drug-likeness (QED) is 0.352. The average Bonchev–Trinajstić information content (AvgIpc) is 2.85. The molecule has 0 heterocycles. The molecule has 0 bridgehead atoms. The van der Waals surface area contributed by atoms with E-state index >= 15 is 0 Å². The number of nitrogens with zero attached hydrogens (tertiary/aromatic N) is 1. The predicted molar refractivity (Wildman–Crippen MR) is 148 cm³/mol. The normalized spacial score (nSPS) is 11.7. The zero-order chi connectivity index (χ0) is 27.2. The van der Waals surface area contributed by atoms with E-state index in [1.54, 1.807) is 54.6 Å². The molecule has 0 saturated heterocycles. The first-order valence-electron chi connectivity index (χ1n) is 12.4. The van der Waals surface area contributed by atoms with Crippen molar-refractivity contribution in [3.05, 3.63) is 89.5 Å². The van der Waals surface area contributed by atoms with Crippen LogP contribution in [-0.2, 0) is 10.0 Å². The largest absolute Gasteiger partial charge is 0.322 e. The van der Waals surface area contributed by atoms with Gasteiger partial charge in [0.05, 0.1) is 4.90 Å². The Kier molecular flexibility index (Phi) is 9.23. The van der Waals surface area contributed by atoms with Gasteiger partial charge in [-0.2, -0.15) is 4.31 Å². The van der Waals surface area contributed by atoms with Crippen molar-refractivity contribution in [1.82, 2.24) is 4.31 Å². The second kappa shape index (κ2) is 12.2. The lowest BCUT2D eigenvalue weighted by molar-refractivity contribution is 0.101. The van der Waals surface area contributed by atoms with Crippen molar-refractivity contribution in [3.63, 3.8) is 0 Å². The topological polar surface area (TPSA) is 95.6 Å². The van der Waals surface area contributed by atoms with Gasteiger partial charge in [-0.05, 0) is 72.9 Å². The van der Waals surface area contributed by atoms with Gasteiger partial charge in [0.15, 0.2) is 0 Å². The average molecular weight is 522 g/mol. The van der Waals surface area contributed by atoms with Crippen LogP contribution in [0.15, 0.2) is 77.7 Å². The Balaban J connectivity index is 1.74. The minimum atomic E-state index is -3.65. The number of aryl methyl sites for hydroxylation is 1. The molecule has 8 heteroatoms. The van der Waals surface area contributed by atoms with Gasteiger partial charge >= 0.3 is 0 Å². The number of amides is 2. The van der Waals surface area contributed by atoms with Gasteiger partial charge in [0.1, 0.15) is 0 Å². The second-order valence-corrected chi connectivity index (χ2v) is 11.9. The summed E-state index contributed by atoms with van der Waals surface area (Å²) in [5, 5.41) is 5.66. The monoisotopic (exact) mass is 521 g/mol. The molecule has 0 atom stereocenters. The lowest BCUT2D eigenvalue weighted by Crippen LogP contribution is -2.37. The number of hydrogen-bond acceptors (Lipinski definition) is 4. The van der Waals surface area contributed by atoms with E-state index in [0.717, 1.165) is 5.56 Å². The number of benzene rings is 3. The summed E-state index contributed by atoms with van der Waals surface area (Å²) in [5.74, 6) is -0.234. The molecule has 37 heavy (non-hydrogen) atoms. The molecule has 2 amide bonds. The number of carbonyl (C=O) groups excluding carboxylic acids is 2. The van der Waals surface area contributed by atoms with E-state index in [-0.39, 0.29) is 28.5 Å². The summed E-state index contributed by atoms with van der Waals surface area (Å²) in [6.07, 6.45) is 0. The van der Waals surface area contributed by atoms with Gasteiger partial charge in [0, 0.05) is 35.6 Å². The SMILES string of the molecule is Cc1ccc(C(=O)Nc2ccc(S(=O)(=O)N(CC(C)C)CC(C)C)cc2)cc1NC(=O)c1ccccc1. The molecule has 3 aromatic carbocycles. The van der Waals surface area contributed by atoms with Crippen LogP contribution >= 0.6 is 0 Å². The number of anilines is 2. The van der Waals surface area contributed by atoms with Crippen molar-refractivity contribution in [2.75, 3.05) is 23.7 Å². The Labute approximate surface area is 220 Å².